The second-order valence-corrected chi connectivity index (χ2v) is 5.84. The van der Waals surface area contributed by atoms with E-state index in [0.717, 1.165) is 5.39 Å². The number of benzene rings is 1. The largest absolute Gasteiger partial charge is 0.491 e. The first-order chi connectivity index (χ1) is 8.18. The van der Waals surface area contributed by atoms with Crippen LogP contribution >= 0.6 is 22.6 Å². The normalized spacial score (nSPS) is 23.2. The van der Waals surface area contributed by atoms with Crippen LogP contribution in [0, 0.1) is 0 Å². The Hall–Kier alpha value is -1.04. The third kappa shape index (κ3) is 1.66. The van der Waals surface area contributed by atoms with Gasteiger partial charge in [-0.1, -0.05) is 41.6 Å². The summed E-state index contributed by atoms with van der Waals surface area (Å²) in [6, 6.07) is 7.50. The van der Waals surface area contributed by atoms with Gasteiger partial charge in [0.2, 0.25) is 0 Å². The second-order valence-electron chi connectivity index (χ2n) is 4.24. The highest BCUT2D eigenvalue weighted by Gasteiger charge is 2.30. The molecular formula is C13H11IO3. The second kappa shape index (κ2) is 4.01. The summed E-state index contributed by atoms with van der Waals surface area (Å²) < 4.78 is 11.4. The number of hydrogen-bond acceptors (Lipinski definition) is 3. The number of rotatable bonds is 0. The first kappa shape index (κ1) is 11.1. The number of hydrogen-bond donors (Lipinski definition) is 0. The first-order valence-electron chi connectivity index (χ1n) is 5.51. The smallest absolute Gasteiger partial charge is 0.343 e. The predicted molar refractivity (Wildman–Crippen MR) is 74.2 cm³/mol. The van der Waals surface area contributed by atoms with Crippen LogP contribution < -0.4 is 10.4 Å². The van der Waals surface area contributed by atoms with Gasteiger partial charge in [-0.25, -0.2) is 4.79 Å². The van der Waals surface area contributed by atoms with Gasteiger partial charge in [0.1, 0.15) is 17.9 Å². The van der Waals surface area contributed by atoms with E-state index in [9.17, 15) is 4.79 Å². The van der Waals surface area contributed by atoms with Gasteiger partial charge in [-0.2, -0.15) is 0 Å². The Labute approximate surface area is 112 Å². The molecule has 17 heavy (non-hydrogen) atoms. The van der Waals surface area contributed by atoms with E-state index in [-0.39, 0.29) is 11.5 Å². The molecule has 1 aromatic heterocycles. The third-order valence-corrected chi connectivity index (χ3v) is 4.62. The maximum Gasteiger partial charge on any atom is 0.343 e. The van der Waals surface area contributed by atoms with Gasteiger partial charge in [0, 0.05) is 5.92 Å². The number of ether oxygens (including phenoxy) is 1. The maximum absolute atomic E-state index is 12.0. The summed E-state index contributed by atoms with van der Waals surface area (Å²) in [5.41, 5.74) is 0.997. The molecule has 2 aromatic rings. The lowest BCUT2D eigenvalue weighted by atomic mass is 9.95. The fraction of sp³-hybridized carbons (Fsp3) is 0.308. The van der Waals surface area contributed by atoms with E-state index in [1.807, 2.05) is 25.1 Å². The minimum atomic E-state index is -0.271. The van der Waals surface area contributed by atoms with Crippen molar-refractivity contribution in [1.82, 2.24) is 0 Å². The van der Waals surface area contributed by atoms with E-state index in [4.69, 9.17) is 9.15 Å². The summed E-state index contributed by atoms with van der Waals surface area (Å²) in [7, 11) is 0. The zero-order valence-electron chi connectivity index (χ0n) is 9.27. The van der Waals surface area contributed by atoms with Crippen LogP contribution in [-0.4, -0.2) is 10.5 Å². The average molecular weight is 342 g/mol. The molecule has 4 heteroatoms. The summed E-state index contributed by atoms with van der Waals surface area (Å²) >= 11 is 2.31. The van der Waals surface area contributed by atoms with Crippen molar-refractivity contribution in [2.24, 2.45) is 0 Å². The Kier molecular flexibility index (Phi) is 2.61. The highest BCUT2D eigenvalue weighted by Crippen LogP contribution is 2.38. The molecule has 88 valence electrons. The number of halogens is 1. The Morgan fingerprint density at radius 1 is 1.35 bits per heavy atom. The molecule has 0 bridgehead atoms. The molecule has 0 spiro atoms. The Morgan fingerprint density at radius 3 is 2.94 bits per heavy atom. The van der Waals surface area contributed by atoms with Crippen LogP contribution in [0.3, 0.4) is 0 Å². The van der Waals surface area contributed by atoms with Gasteiger partial charge in [-0.05, 0) is 12.1 Å². The highest BCUT2D eigenvalue weighted by molar-refractivity contribution is 14.1. The zero-order chi connectivity index (χ0) is 12.0. The van der Waals surface area contributed by atoms with Crippen LogP contribution in [0.25, 0.3) is 11.0 Å². The van der Waals surface area contributed by atoms with Crippen molar-refractivity contribution < 1.29 is 9.15 Å². The molecule has 0 saturated heterocycles. The molecule has 3 rings (SSSR count). The van der Waals surface area contributed by atoms with Gasteiger partial charge in [-0.15, -0.1) is 0 Å². The van der Waals surface area contributed by atoms with Crippen molar-refractivity contribution in [3.63, 3.8) is 0 Å². The van der Waals surface area contributed by atoms with Gasteiger partial charge >= 0.3 is 5.63 Å². The minimum absolute atomic E-state index is 0.167. The van der Waals surface area contributed by atoms with Gasteiger partial charge in [0.05, 0.1) is 14.9 Å². The average Bonchev–Trinajstić information content (AvgIpc) is 2.33. The fourth-order valence-corrected chi connectivity index (χ4v) is 2.71. The van der Waals surface area contributed by atoms with Crippen molar-refractivity contribution in [1.29, 1.82) is 0 Å². The molecule has 0 N–H and O–H groups in total. The van der Waals surface area contributed by atoms with E-state index in [1.165, 1.54) is 0 Å². The van der Waals surface area contributed by atoms with Gasteiger partial charge in [0.15, 0.2) is 0 Å². The van der Waals surface area contributed by atoms with Gasteiger partial charge < -0.3 is 9.15 Å². The zero-order valence-corrected chi connectivity index (χ0v) is 11.4. The topological polar surface area (TPSA) is 39.4 Å². The molecule has 0 aliphatic carbocycles. The Morgan fingerprint density at radius 2 is 2.12 bits per heavy atom. The molecule has 2 atom stereocenters. The van der Waals surface area contributed by atoms with E-state index < -0.39 is 0 Å². The van der Waals surface area contributed by atoms with E-state index in [0.29, 0.717) is 27.4 Å². The minimum Gasteiger partial charge on any atom is -0.491 e. The molecule has 1 aliphatic heterocycles. The molecule has 0 saturated carbocycles. The maximum atomic E-state index is 12.0. The molecule has 2 heterocycles. The first-order valence-corrected chi connectivity index (χ1v) is 6.75. The van der Waals surface area contributed by atoms with Crippen LogP contribution in [0.15, 0.2) is 33.5 Å². The van der Waals surface area contributed by atoms with Crippen molar-refractivity contribution in [3.8, 4) is 5.75 Å². The number of alkyl halides is 1. The van der Waals surface area contributed by atoms with E-state index in [1.54, 1.807) is 6.07 Å². The van der Waals surface area contributed by atoms with Crippen molar-refractivity contribution in [2.75, 3.05) is 6.61 Å². The van der Waals surface area contributed by atoms with Crippen molar-refractivity contribution in [3.05, 3.63) is 40.2 Å². The van der Waals surface area contributed by atoms with Crippen molar-refractivity contribution in [2.45, 2.75) is 16.8 Å². The molecule has 0 fully saturated rings. The molecule has 1 aromatic carbocycles. The molecule has 2 unspecified atom stereocenters. The third-order valence-electron chi connectivity index (χ3n) is 3.18. The van der Waals surface area contributed by atoms with Crippen LogP contribution in [-0.2, 0) is 0 Å². The summed E-state index contributed by atoms with van der Waals surface area (Å²) in [6.45, 7) is 2.69. The summed E-state index contributed by atoms with van der Waals surface area (Å²) in [6.07, 6.45) is 0. The summed E-state index contributed by atoms with van der Waals surface area (Å²) in [5.74, 6) is 0.873. The van der Waals surface area contributed by atoms with Crippen LogP contribution in [0.1, 0.15) is 18.4 Å². The van der Waals surface area contributed by atoms with Gasteiger partial charge in [0.25, 0.3) is 0 Å². The number of fused-ring (bicyclic) bond motifs is 3. The fourth-order valence-electron chi connectivity index (χ4n) is 2.17. The van der Waals surface area contributed by atoms with Crippen LogP contribution in [0.2, 0.25) is 0 Å². The highest BCUT2D eigenvalue weighted by atomic mass is 127. The lowest BCUT2D eigenvalue weighted by Gasteiger charge is -2.27. The molecular weight excluding hydrogens is 331 g/mol. The molecule has 3 nitrogen and oxygen atoms in total. The quantitative estimate of drug-likeness (QED) is 0.420. The van der Waals surface area contributed by atoms with E-state index in [2.05, 4.69) is 22.6 Å². The van der Waals surface area contributed by atoms with Gasteiger partial charge in [-0.3, -0.25) is 0 Å². The summed E-state index contributed by atoms with van der Waals surface area (Å²) in [5, 5.41) is 0.886. The summed E-state index contributed by atoms with van der Waals surface area (Å²) in [4.78, 5) is 12.0. The Bertz CT molecular complexity index is 632. The van der Waals surface area contributed by atoms with Crippen LogP contribution in [0.5, 0.6) is 5.75 Å². The molecule has 0 radical (unpaired) electrons. The molecule has 0 amide bonds. The van der Waals surface area contributed by atoms with Crippen molar-refractivity contribution >= 4 is 33.6 Å². The standard InChI is InChI=1S/C13H11IO3/c1-7-9(14)6-16-12-8-4-2-3-5-10(8)17-13(15)11(7)12/h2-5,7,9H,6H2,1H3. The van der Waals surface area contributed by atoms with E-state index >= 15 is 0 Å². The Balaban J connectivity index is 2.39. The monoisotopic (exact) mass is 342 g/mol. The molecule has 1 aliphatic rings. The lowest BCUT2D eigenvalue weighted by molar-refractivity contribution is 0.282. The predicted octanol–water partition coefficient (Wildman–Crippen LogP) is 3.09. The van der Waals surface area contributed by atoms with Crippen LogP contribution in [0.4, 0.5) is 0 Å². The lowest BCUT2D eigenvalue weighted by Crippen LogP contribution is -2.29. The SMILES string of the molecule is CC1c2c(c3ccccc3oc2=O)OCC1I. The number of para-hydroxylation sites is 1.